The molecule has 0 bridgehead atoms. The standard InChI is InChI=1S/C30H42Cl2N2O4/c1-22(35)6-3-9-26(36)10-5-12-37-14-15-38-13-11-33-19-23-7-4-8-24(16-23)28-20-34(2)21-29-27(28)17-25(31)18-30(29)32/h4,7-8,16-18,22,28,33,35H,3,5-6,9-15,19-21H2,1-2H3/t22?,28-/m0/s1. The summed E-state index contributed by atoms with van der Waals surface area (Å²) in [7, 11) is 2.13. The minimum Gasteiger partial charge on any atom is -0.393 e. The minimum atomic E-state index is -0.332. The fourth-order valence-electron chi connectivity index (χ4n) is 4.84. The lowest BCUT2D eigenvalue weighted by Crippen LogP contribution is -2.31. The summed E-state index contributed by atoms with van der Waals surface area (Å²) in [5.74, 6) is 0.475. The molecule has 0 radical (unpaired) electrons. The van der Waals surface area contributed by atoms with E-state index in [0.29, 0.717) is 50.7 Å². The Morgan fingerprint density at radius 3 is 2.66 bits per heavy atom. The van der Waals surface area contributed by atoms with Gasteiger partial charge in [-0.3, -0.25) is 4.79 Å². The second kappa shape index (κ2) is 16.6. The van der Waals surface area contributed by atoms with Gasteiger partial charge in [0, 0.05) is 61.6 Å². The molecular formula is C30H42Cl2N2O4. The summed E-state index contributed by atoms with van der Waals surface area (Å²) in [6.45, 7) is 7.29. The van der Waals surface area contributed by atoms with E-state index in [4.69, 9.17) is 32.7 Å². The maximum Gasteiger partial charge on any atom is 0.133 e. The van der Waals surface area contributed by atoms with Crippen LogP contribution in [0.3, 0.4) is 0 Å². The zero-order valence-corrected chi connectivity index (χ0v) is 24.2. The molecule has 2 N–H and O–H groups in total. The number of benzene rings is 2. The molecule has 0 aromatic heterocycles. The Labute approximate surface area is 237 Å². The van der Waals surface area contributed by atoms with Crippen LogP contribution >= 0.6 is 23.2 Å². The van der Waals surface area contributed by atoms with E-state index >= 15 is 0 Å². The van der Waals surface area contributed by atoms with Crippen LogP contribution in [0.15, 0.2) is 36.4 Å². The van der Waals surface area contributed by atoms with E-state index in [1.165, 1.54) is 16.7 Å². The number of carbonyl (C=O) groups is 1. The zero-order valence-electron chi connectivity index (χ0n) is 22.7. The van der Waals surface area contributed by atoms with E-state index in [1.807, 2.05) is 6.07 Å². The van der Waals surface area contributed by atoms with Crippen LogP contribution in [0.5, 0.6) is 0 Å². The van der Waals surface area contributed by atoms with E-state index in [2.05, 4.69) is 47.6 Å². The molecule has 2 aromatic carbocycles. The maximum absolute atomic E-state index is 11.8. The van der Waals surface area contributed by atoms with Crippen LogP contribution < -0.4 is 5.32 Å². The van der Waals surface area contributed by atoms with Crippen LogP contribution in [0.2, 0.25) is 10.0 Å². The second-order valence-electron chi connectivity index (χ2n) is 10.2. The van der Waals surface area contributed by atoms with Crippen LogP contribution in [0, 0.1) is 0 Å². The summed E-state index contributed by atoms with van der Waals surface area (Å²) in [5, 5.41) is 14.1. The molecule has 3 rings (SSSR count). The number of nitrogens with zero attached hydrogens (tertiary/aromatic N) is 1. The van der Waals surface area contributed by atoms with Crippen LogP contribution in [-0.4, -0.2) is 68.5 Å². The highest BCUT2D eigenvalue weighted by Crippen LogP contribution is 2.38. The summed E-state index contributed by atoms with van der Waals surface area (Å²) in [5.41, 5.74) is 4.89. The maximum atomic E-state index is 11.8. The van der Waals surface area contributed by atoms with E-state index < -0.39 is 0 Å². The smallest absolute Gasteiger partial charge is 0.133 e. The third-order valence-corrected chi connectivity index (χ3v) is 7.35. The van der Waals surface area contributed by atoms with Crippen molar-refractivity contribution in [2.45, 2.75) is 64.1 Å². The predicted molar refractivity (Wildman–Crippen MR) is 154 cm³/mol. The summed E-state index contributed by atoms with van der Waals surface area (Å²) in [6.07, 6.45) is 2.91. The van der Waals surface area contributed by atoms with Crippen LogP contribution in [-0.2, 0) is 27.4 Å². The number of rotatable bonds is 17. The molecule has 0 saturated heterocycles. The molecule has 0 aliphatic carbocycles. The van der Waals surface area contributed by atoms with E-state index in [-0.39, 0.29) is 17.8 Å². The van der Waals surface area contributed by atoms with Crippen molar-refractivity contribution in [3.63, 3.8) is 0 Å². The van der Waals surface area contributed by atoms with Crippen molar-refractivity contribution in [3.8, 4) is 0 Å². The average molecular weight is 566 g/mol. The monoisotopic (exact) mass is 564 g/mol. The van der Waals surface area contributed by atoms with Gasteiger partial charge in [0.15, 0.2) is 0 Å². The molecule has 1 aliphatic rings. The Morgan fingerprint density at radius 1 is 1.11 bits per heavy atom. The van der Waals surface area contributed by atoms with Gasteiger partial charge >= 0.3 is 0 Å². The Bertz CT molecular complexity index is 1020. The summed E-state index contributed by atoms with van der Waals surface area (Å²) < 4.78 is 11.2. The van der Waals surface area contributed by atoms with Crippen molar-refractivity contribution in [1.29, 1.82) is 0 Å². The topological polar surface area (TPSA) is 71.0 Å². The molecule has 0 spiro atoms. The number of nitrogens with one attached hydrogen (secondary N) is 1. The van der Waals surface area contributed by atoms with Gasteiger partial charge in [-0.15, -0.1) is 0 Å². The number of hydrogen-bond donors (Lipinski definition) is 2. The highest BCUT2D eigenvalue weighted by Gasteiger charge is 2.27. The number of Topliss-reactive ketones (excluding diaryl/α,β-unsaturated/α-hetero) is 1. The number of hydrogen-bond acceptors (Lipinski definition) is 6. The second-order valence-corrected chi connectivity index (χ2v) is 11.1. The number of aliphatic hydroxyl groups excluding tert-OH is 1. The summed E-state index contributed by atoms with van der Waals surface area (Å²) in [4.78, 5) is 14.1. The molecule has 210 valence electrons. The minimum absolute atomic E-state index is 0.233. The lowest BCUT2D eigenvalue weighted by molar-refractivity contribution is -0.119. The quantitative estimate of drug-likeness (QED) is 0.244. The third kappa shape index (κ3) is 10.6. The SMILES string of the molecule is CC(O)CCCC(=O)CCCOCCOCCNCc1cccc([C@@H]2CN(C)Cc3c(Cl)cc(Cl)cc32)c1. The van der Waals surface area contributed by atoms with Gasteiger partial charge in [0.1, 0.15) is 5.78 Å². The van der Waals surface area contributed by atoms with Gasteiger partial charge in [0.25, 0.3) is 0 Å². The molecule has 0 fully saturated rings. The number of fused-ring (bicyclic) bond motifs is 1. The van der Waals surface area contributed by atoms with Gasteiger partial charge in [-0.1, -0.05) is 47.5 Å². The molecule has 2 aromatic rings. The van der Waals surface area contributed by atoms with Crippen molar-refractivity contribution in [2.75, 3.05) is 46.6 Å². The molecule has 1 heterocycles. The van der Waals surface area contributed by atoms with Crippen LogP contribution in [0.25, 0.3) is 0 Å². The zero-order chi connectivity index (χ0) is 27.3. The van der Waals surface area contributed by atoms with E-state index in [0.717, 1.165) is 49.6 Å². The van der Waals surface area contributed by atoms with Gasteiger partial charge in [0.2, 0.25) is 0 Å². The van der Waals surface area contributed by atoms with E-state index in [1.54, 1.807) is 6.92 Å². The molecule has 1 unspecified atom stereocenters. The Hall–Kier alpha value is -1.51. The fraction of sp³-hybridized carbons (Fsp3) is 0.567. The highest BCUT2D eigenvalue weighted by molar-refractivity contribution is 6.35. The van der Waals surface area contributed by atoms with Crippen molar-refractivity contribution in [2.24, 2.45) is 0 Å². The lowest BCUT2D eigenvalue weighted by atomic mass is 9.84. The van der Waals surface area contributed by atoms with Crippen molar-refractivity contribution in [1.82, 2.24) is 10.2 Å². The first-order chi connectivity index (χ1) is 18.3. The molecule has 1 aliphatic heterocycles. The molecular weight excluding hydrogens is 523 g/mol. The summed E-state index contributed by atoms with van der Waals surface area (Å²) in [6, 6.07) is 12.6. The molecule has 38 heavy (non-hydrogen) atoms. The molecule has 2 atom stereocenters. The van der Waals surface area contributed by atoms with Crippen molar-refractivity contribution < 1.29 is 19.4 Å². The van der Waals surface area contributed by atoms with Crippen LogP contribution in [0.1, 0.15) is 67.2 Å². The number of aliphatic hydroxyl groups is 1. The first-order valence-corrected chi connectivity index (χ1v) is 14.4. The molecule has 0 amide bonds. The number of ether oxygens (including phenoxy) is 2. The fourth-order valence-corrected chi connectivity index (χ4v) is 5.41. The van der Waals surface area contributed by atoms with Gasteiger partial charge in [-0.05, 0) is 67.6 Å². The first kappa shape index (κ1) is 31.0. The van der Waals surface area contributed by atoms with Crippen molar-refractivity contribution >= 4 is 29.0 Å². The first-order valence-electron chi connectivity index (χ1n) is 13.6. The lowest BCUT2D eigenvalue weighted by Gasteiger charge is -2.33. The molecule has 6 nitrogen and oxygen atoms in total. The Kier molecular flexibility index (Phi) is 13.5. The number of ketones is 1. The largest absolute Gasteiger partial charge is 0.393 e. The van der Waals surface area contributed by atoms with Gasteiger partial charge in [-0.2, -0.15) is 0 Å². The number of halogens is 2. The van der Waals surface area contributed by atoms with Gasteiger partial charge in [-0.25, -0.2) is 0 Å². The predicted octanol–water partition coefficient (Wildman–Crippen LogP) is 5.59. The Balaban J connectivity index is 1.30. The van der Waals surface area contributed by atoms with E-state index in [9.17, 15) is 9.90 Å². The van der Waals surface area contributed by atoms with Gasteiger partial charge in [0.05, 0.1) is 25.9 Å². The summed E-state index contributed by atoms with van der Waals surface area (Å²) >= 11 is 12.9. The van der Waals surface area contributed by atoms with Gasteiger partial charge < -0.3 is 24.8 Å². The van der Waals surface area contributed by atoms with Crippen molar-refractivity contribution in [3.05, 3.63) is 68.7 Å². The highest BCUT2D eigenvalue weighted by atomic mass is 35.5. The van der Waals surface area contributed by atoms with Crippen LogP contribution in [0.4, 0.5) is 0 Å². The number of carbonyl (C=O) groups excluding carboxylic acids is 1. The molecule has 0 saturated carbocycles. The third-order valence-electron chi connectivity index (χ3n) is 6.79. The molecule has 8 heteroatoms. The average Bonchev–Trinajstić information content (AvgIpc) is 2.87. The normalized spacial score (nSPS) is 16.4. The Morgan fingerprint density at radius 2 is 1.87 bits per heavy atom. The number of likely N-dealkylation sites (N-methyl/N-ethyl adjacent to an activating group) is 1.